The molecule has 12 heavy (non-hydrogen) atoms. The third-order valence-electron chi connectivity index (χ3n) is 1.59. The van der Waals surface area contributed by atoms with Crippen molar-refractivity contribution in [3.8, 4) is 0 Å². The van der Waals surface area contributed by atoms with Crippen molar-refractivity contribution in [1.29, 1.82) is 0 Å². The molecular formula is C9H13BrN2. The Morgan fingerprint density at radius 1 is 1.42 bits per heavy atom. The van der Waals surface area contributed by atoms with Gasteiger partial charge in [-0.25, -0.2) is 0 Å². The number of hydrogen-bond donors (Lipinski definition) is 1. The lowest BCUT2D eigenvalue weighted by molar-refractivity contribution is 0.403. The van der Waals surface area contributed by atoms with Gasteiger partial charge < -0.3 is 10.6 Å². The maximum absolute atomic E-state index is 5.81. The predicted molar refractivity (Wildman–Crippen MR) is 55.9 cm³/mol. The van der Waals surface area contributed by atoms with Crippen molar-refractivity contribution in [1.82, 2.24) is 4.90 Å². The molecule has 2 N–H and O–H groups in total. The third kappa shape index (κ3) is 2.50. The van der Waals surface area contributed by atoms with Gasteiger partial charge in [-0.05, 0) is 31.8 Å². The highest BCUT2D eigenvalue weighted by atomic mass is 79.9. The van der Waals surface area contributed by atoms with E-state index in [1.165, 1.54) is 5.56 Å². The molecule has 0 unspecified atom stereocenters. The molecule has 0 aliphatic heterocycles. The minimum atomic E-state index is 0.845. The Morgan fingerprint density at radius 3 is 2.58 bits per heavy atom. The van der Waals surface area contributed by atoms with Gasteiger partial charge in [0.05, 0.1) is 0 Å². The van der Waals surface area contributed by atoms with Crippen molar-refractivity contribution in [3.05, 3.63) is 28.2 Å². The second-order valence-corrected chi connectivity index (χ2v) is 4.00. The van der Waals surface area contributed by atoms with Crippen LogP contribution < -0.4 is 5.73 Å². The summed E-state index contributed by atoms with van der Waals surface area (Å²) in [7, 11) is 4.06. The molecule has 0 atom stereocenters. The fourth-order valence-corrected chi connectivity index (χ4v) is 1.43. The summed E-state index contributed by atoms with van der Waals surface area (Å²) in [6.07, 6.45) is 0. The van der Waals surface area contributed by atoms with Crippen LogP contribution in [0.2, 0.25) is 0 Å². The van der Waals surface area contributed by atoms with E-state index in [0.29, 0.717) is 0 Å². The maximum Gasteiger partial charge on any atom is 0.0371 e. The summed E-state index contributed by atoms with van der Waals surface area (Å²) in [5, 5.41) is 0. The number of nitrogen functional groups attached to an aromatic ring is 1. The van der Waals surface area contributed by atoms with Gasteiger partial charge in [0, 0.05) is 16.7 Å². The molecule has 0 saturated carbocycles. The van der Waals surface area contributed by atoms with Gasteiger partial charge in [0.15, 0.2) is 0 Å². The Kier molecular flexibility index (Phi) is 3.12. The van der Waals surface area contributed by atoms with E-state index in [-0.39, 0.29) is 0 Å². The molecule has 66 valence electrons. The molecule has 1 aromatic carbocycles. The molecular weight excluding hydrogens is 216 g/mol. The number of nitrogens with two attached hydrogens (primary N) is 1. The van der Waals surface area contributed by atoms with Gasteiger partial charge in [-0.1, -0.05) is 22.0 Å². The van der Waals surface area contributed by atoms with E-state index in [0.717, 1.165) is 16.7 Å². The predicted octanol–water partition coefficient (Wildman–Crippen LogP) is 2.09. The van der Waals surface area contributed by atoms with E-state index in [2.05, 4.69) is 20.8 Å². The van der Waals surface area contributed by atoms with Crippen LogP contribution in [0.1, 0.15) is 5.56 Å². The summed E-state index contributed by atoms with van der Waals surface area (Å²) in [5.74, 6) is 0. The monoisotopic (exact) mass is 228 g/mol. The summed E-state index contributed by atoms with van der Waals surface area (Å²) < 4.78 is 1.03. The van der Waals surface area contributed by atoms with E-state index in [1.807, 2.05) is 32.3 Å². The zero-order valence-corrected chi connectivity index (χ0v) is 8.93. The van der Waals surface area contributed by atoms with Crippen LogP contribution in [0.25, 0.3) is 0 Å². The molecule has 2 nitrogen and oxygen atoms in total. The summed E-state index contributed by atoms with van der Waals surface area (Å²) in [5.41, 5.74) is 7.83. The average Bonchev–Trinajstić information content (AvgIpc) is 1.94. The Labute approximate surface area is 81.5 Å². The van der Waals surface area contributed by atoms with Gasteiger partial charge >= 0.3 is 0 Å². The van der Waals surface area contributed by atoms with Crippen molar-refractivity contribution in [3.63, 3.8) is 0 Å². The number of benzene rings is 1. The quantitative estimate of drug-likeness (QED) is 0.787. The van der Waals surface area contributed by atoms with Crippen LogP contribution in [0, 0.1) is 0 Å². The van der Waals surface area contributed by atoms with Gasteiger partial charge in [-0.15, -0.1) is 0 Å². The van der Waals surface area contributed by atoms with Gasteiger partial charge in [-0.2, -0.15) is 0 Å². The van der Waals surface area contributed by atoms with Crippen LogP contribution in [-0.4, -0.2) is 19.0 Å². The van der Waals surface area contributed by atoms with Crippen LogP contribution in [0.5, 0.6) is 0 Å². The number of anilines is 1. The first-order valence-electron chi connectivity index (χ1n) is 3.78. The molecule has 0 heterocycles. The maximum atomic E-state index is 5.81. The van der Waals surface area contributed by atoms with Crippen molar-refractivity contribution >= 4 is 21.6 Å². The first-order chi connectivity index (χ1) is 5.59. The third-order valence-corrected chi connectivity index (χ3v) is 2.09. The van der Waals surface area contributed by atoms with Gasteiger partial charge in [0.2, 0.25) is 0 Å². The largest absolute Gasteiger partial charge is 0.398 e. The molecule has 0 aromatic heterocycles. The molecule has 3 heteroatoms. The van der Waals surface area contributed by atoms with E-state index >= 15 is 0 Å². The fraction of sp³-hybridized carbons (Fsp3) is 0.333. The van der Waals surface area contributed by atoms with Gasteiger partial charge in [0.1, 0.15) is 0 Å². The lowest BCUT2D eigenvalue weighted by atomic mass is 10.2. The first kappa shape index (κ1) is 9.55. The number of hydrogen-bond acceptors (Lipinski definition) is 2. The minimum absolute atomic E-state index is 0.845. The van der Waals surface area contributed by atoms with E-state index in [1.54, 1.807) is 0 Å². The Morgan fingerprint density at radius 2 is 2.08 bits per heavy atom. The van der Waals surface area contributed by atoms with Gasteiger partial charge in [0.25, 0.3) is 0 Å². The van der Waals surface area contributed by atoms with Crippen molar-refractivity contribution in [2.75, 3.05) is 19.8 Å². The van der Waals surface area contributed by atoms with Crippen LogP contribution in [0.3, 0.4) is 0 Å². The molecule has 0 fully saturated rings. The highest BCUT2D eigenvalue weighted by molar-refractivity contribution is 9.10. The van der Waals surface area contributed by atoms with Crippen molar-refractivity contribution in [2.24, 2.45) is 0 Å². The minimum Gasteiger partial charge on any atom is -0.398 e. The molecule has 0 aliphatic rings. The van der Waals surface area contributed by atoms with E-state index < -0.39 is 0 Å². The van der Waals surface area contributed by atoms with Crippen LogP contribution >= 0.6 is 15.9 Å². The van der Waals surface area contributed by atoms with Crippen molar-refractivity contribution in [2.45, 2.75) is 6.54 Å². The average molecular weight is 229 g/mol. The summed E-state index contributed by atoms with van der Waals surface area (Å²) in [4.78, 5) is 2.10. The zero-order chi connectivity index (χ0) is 9.14. The second kappa shape index (κ2) is 3.92. The Balaban J connectivity index is 2.86. The van der Waals surface area contributed by atoms with E-state index in [9.17, 15) is 0 Å². The summed E-state index contributed by atoms with van der Waals surface area (Å²) in [6.45, 7) is 0.888. The summed E-state index contributed by atoms with van der Waals surface area (Å²) >= 11 is 3.37. The van der Waals surface area contributed by atoms with E-state index in [4.69, 9.17) is 5.73 Å². The van der Waals surface area contributed by atoms with Crippen LogP contribution in [0.4, 0.5) is 5.69 Å². The smallest absolute Gasteiger partial charge is 0.0371 e. The highest BCUT2D eigenvalue weighted by Crippen LogP contribution is 2.19. The molecule has 0 radical (unpaired) electrons. The lowest BCUT2D eigenvalue weighted by Crippen LogP contribution is -2.12. The zero-order valence-electron chi connectivity index (χ0n) is 7.34. The first-order valence-corrected chi connectivity index (χ1v) is 4.57. The molecule has 0 bridgehead atoms. The topological polar surface area (TPSA) is 29.3 Å². The van der Waals surface area contributed by atoms with Crippen molar-refractivity contribution < 1.29 is 0 Å². The number of nitrogens with zero attached hydrogens (tertiary/aromatic N) is 1. The number of halogens is 1. The molecule has 1 aromatic rings. The molecule has 0 amide bonds. The molecule has 0 saturated heterocycles. The van der Waals surface area contributed by atoms with Crippen LogP contribution in [0.15, 0.2) is 22.7 Å². The number of rotatable bonds is 2. The SMILES string of the molecule is CN(C)Cc1ccc(Br)cc1N. The molecule has 0 spiro atoms. The summed E-state index contributed by atoms with van der Waals surface area (Å²) in [6, 6.07) is 5.98. The van der Waals surface area contributed by atoms with Crippen LogP contribution in [-0.2, 0) is 6.54 Å². The Hall–Kier alpha value is -0.540. The Bertz CT molecular complexity index is 271. The lowest BCUT2D eigenvalue weighted by Gasteiger charge is -2.11. The second-order valence-electron chi connectivity index (χ2n) is 3.08. The standard InChI is InChI=1S/C9H13BrN2/c1-12(2)6-7-3-4-8(10)5-9(7)11/h3-5H,6,11H2,1-2H3. The molecule has 1 rings (SSSR count). The van der Waals surface area contributed by atoms with Gasteiger partial charge in [-0.3, -0.25) is 0 Å². The highest BCUT2D eigenvalue weighted by Gasteiger charge is 2.00. The fourth-order valence-electron chi connectivity index (χ4n) is 1.05. The normalized spacial score (nSPS) is 10.7. The molecule has 0 aliphatic carbocycles.